The maximum absolute atomic E-state index is 14.6. The van der Waals surface area contributed by atoms with Gasteiger partial charge in [-0.1, -0.05) is 18.2 Å². The topological polar surface area (TPSA) is 101 Å². The van der Waals surface area contributed by atoms with Crippen LogP contribution in [0.5, 0.6) is 0 Å². The fourth-order valence-corrected chi connectivity index (χ4v) is 4.33. The molecule has 10 heteroatoms. The van der Waals surface area contributed by atoms with Gasteiger partial charge in [0.2, 0.25) is 0 Å². The second-order valence-electron chi connectivity index (χ2n) is 6.92. The molecule has 0 saturated carbocycles. The van der Waals surface area contributed by atoms with Crippen LogP contribution in [0.15, 0.2) is 42.5 Å². The minimum atomic E-state index is -3.20. The monoisotopic (exact) mass is 437 g/mol. The Hall–Kier alpha value is -2.85. The summed E-state index contributed by atoms with van der Waals surface area (Å²) >= 11 is 0. The van der Waals surface area contributed by atoms with Crippen molar-refractivity contribution in [2.24, 2.45) is 5.73 Å². The number of amides is 2. The van der Waals surface area contributed by atoms with Crippen LogP contribution in [0.4, 0.5) is 19.3 Å². The van der Waals surface area contributed by atoms with Crippen LogP contribution in [0.2, 0.25) is 0 Å². The quantitative estimate of drug-likeness (QED) is 0.721. The maximum atomic E-state index is 14.6. The molecule has 0 unspecified atom stereocenters. The third-order valence-electron chi connectivity index (χ3n) is 4.85. The van der Waals surface area contributed by atoms with Crippen molar-refractivity contribution in [3.63, 3.8) is 0 Å². The predicted molar refractivity (Wildman–Crippen MR) is 108 cm³/mol. The largest absolute Gasteiger partial charge is 0.324 e. The van der Waals surface area contributed by atoms with E-state index < -0.39 is 33.3 Å². The van der Waals surface area contributed by atoms with Crippen molar-refractivity contribution < 1.29 is 26.8 Å². The summed E-state index contributed by atoms with van der Waals surface area (Å²) in [4.78, 5) is 27.3. The molecule has 0 atom stereocenters. The molecule has 160 valence electrons. The highest BCUT2D eigenvalue weighted by Crippen LogP contribution is 2.23. The van der Waals surface area contributed by atoms with E-state index in [1.54, 1.807) is 0 Å². The number of anilines is 1. The Labute approximate surface area is 173 Å². The lowest BCUT2D eigenvalue weighted by Crippen LogP contribution is -2.49. The SMILES string of the molecule is NCC(=O)c1ccc(CN(C(=O)N2CCS(=O)(=O)CC2)c2cccc(F)c2)c(F)c1. The first-order valence-corrected chi connectivity index (χ1v) is 11.1. The predicted octanol–water partition coefficient (Wildman–Crippen LogP) is 1.96. The van der Waals surface area contributed by atoms with Gasteiger partial charge in [-0.25, -0.2) is 22.0 Å². The molecule has 1 aliphatic rings. The van der Waals surface area contributed by atoms with Crippen molar-refractivity contribution in [2.75, 3.05) is 36.0 Å². The van der Waals surface area contributed by atoms with Crippen molar-refractivity contribution in [3.8, 4) is 0 Å². The number of carbonyl (C=O) groups excluding carboxylic acids is 2. The summed E-state index contributed by atoms with van der Waals surface area (Å²) in [5.74, 6) is -2.03. The number of nitrogens with zero attached hydrogens (tertiary/aromatic N) is 2. The molecule has 1 heterocycles. The van der Waals surface area contributed by atoms with Gasteiger partial charge in [-0.3, -0.25) is 9.69 Å². The van der Waals surface area contributed by atoms with E-state index in [1.165, 1.54) is 40.1 Å². The van der Waals surface area contributed by atoms with Gasteiger partial charge in [-0.2, -0.15) is 0 Å². The first kappa shape index (κ1) is 21.8. The number of Topliss-reactive ketones (excluding diaryl/α,β-unsaturated/α-hetero) is 1. The van der Waals surface area contributed by atoms with Crippen LogP contribution in [-0.4, -0.2) is 56.3 Å². The summed E-state index contributed by atoms with van der Waals surface area (Å²) in [5, 5.41) is 0. The molecule has 1 saturated heterocycles. The number of sulfone groups is 1. The number of ketones is 1. The zero-order valence-corrected chi connectivity index (χ0v) is 16.9. The van der Waals surface area contributed by atoms with Crippen molar-refractivity contribution in [3.05, 3.63) is 65.2 Å². The number of hydrogen-bond acceptors (Lipinski definition) is 5. The normalized spacial score (nSPS) is 15.6. The Morgan fingerprint density at radius 2 is 1.77 bits per heavy atom. The van der Waals surface area contributed by atoms with Gasteiger partial charge in [0.25, 0.3) is 0 Å². The molecule has 2 N–H and O–H groups in total. The van der Waals surface area contributed by atoms with E-state index in [0.717, 1.165) is 12.1 Å². The maximum Gasteiger partial charge on any atom is 0.324 e. The average Bonchev–Trinajstić information content (AvgIpc) is 2.71. The summed E-state index contributed by atoms with van der Waals surface area (Å²) < 4.78 is 51.7. The number of hydrogen-bond donors (Lipinski definition) is 1. The van der Waals surface area contributed by atoms with Crippen LogP contribution in [0.1, 0.15) is 15.9 Å². The van der Waals surface area contributed by atoms with Gasteiger partial charge < -0.3 is 10.6 Å². The molecular formula is C20H21F2N3O4S. The minimum Gasteiger partial charge on any atom is -0.324 e. The highest BCUT2D eigenvalue weighted by Gasteiger charge is 2.29. The van der Waals surface area contributed by atoms with Gasteiger partial charge >= 0.3 is 6.03 Å². The Morgan fingerprint density at radius 3 is 2.37 bits per heavy atom. The van der Waals surface area contributed by atoms with Crippen LogP contribution in [0.3, 0.4) is 0 Å². The molecule has 0 bridgehead atoms. The molecule has 7 nitrogen and oxygen atoms in total. The van der Waals surface area contributed by atoms with Gasteiger partial charge in [-0.05, 0) is 24.3 Å². The van der Waals surface area contributed by atoms with E-state index in [-0.39, 0.29) is 54.5 Å². The number of urea groups is 1. The van der Waals surface area contributed by atoms with Gasteiger partial charge in [-0.15, -0.1) is 0 Å². The molecule has 2 amide bonds. The Balaban J connectivity index is 1.91. The molecule has 30 heavy (non-hydrogen) atoms. The average molecular weight is 437 g/mol. The van der Waals surface area contributed by atoms with E-state index in [1.807, 2.05) is 0 Å². The Morgan fingerprint density at radius 1 is 1.07 bits per heavy atom. The van der Waals surface area contributed by atoms with Gasteiger partial charge in [0, 0.05) is 29.9 Å². The molecule has 0 spiro atoms. The third-order valence-corrected chi connectivity index (χ3v) is 6.46. The fourth-order valence-electron chi connectivity index (χ4n) is 3.12. The van der Waals surface area contributed by atoms with Crippen molar-refractivity contribution in [1.82, 2.24) is 4.90 Å². The molecule has 0 aliphatic carbocycles. The number of benzene rings is 2. The summed E-state index contributed by atoms with van der Waals surface area (Å²) in [7, 11) is -3.20. The second kappa shape index (κ2) is 8.88. The summed E-state index contributed by atoms with van der Waals surface area (Å²) in [6.07, 6.45) is 0. The van der Waals surface area contributed by atoms with Crippen molar-refractivity contribution >= 4 is 27.3 Å². The van der Waals surface area contributed by atoms with Crippen LogP contribution in [0, 0.1) is 11.6 Å². The summed E-state index contributed by atoms with van der Waals surface area (Å²) in [6.45, 7) is -0.488. The molecule has 2 aromatic carbocycles. The zero-order valence-electron chi connectivity index (χ0n) is 16.1. The van der Waals surface area contributed by atoms with Crippen LogP contribution >= 0.6 is 0 Å². The highest BCUT2D eigenvalue weighted by molar-refractivity contribution is 7.91. The lowest BCUT2D eigenvalue weighted by atomic mass is 10.1. The van der Waals surface area contributed by atoms with Gasteiger partial charge in [0.05, 0.1) is 24.6 Å². The number of halogens is 2. The molecular weight excluding hydrogens is 416 g/mol. The summed E-state index contributed by atoms with van der Waals surface area (Å²) in [5.41, 5.74) is 5.73. The molecule has 0 aromatic heterocycles. The number of rotatable bonds is 5. The van der Waals surface area contributed by atoms with Gasteiger partial charge in [0.1, 0.15) is 11.6 Å². The fraction of sp³-hybridized carbons (Fsp3) is 0.300. The molecule has 1 aliphatic heterocycles. The number of carbonyl (C=O) groups is 2. The van der Waals surface area contributed by atoms with Crippen molar-refractivity contribution in [2.45, 2.75) is 6.54 Å². The lowest BCUT2D eigenvalue weighted by molar-refractivity contribution is 0.100. The third kappa shape index (κ3) is 5.00. The van der Waals surface area contributed by atoms with Crippen LogP contribution in [-0.2, 0) is 16.4 Å². The van der Waals surface area contributed by atoms with E-state index >= 15 is 0 Å². The first-order chi connectivity index (χ1) is 14.2. The first-order valence-electron chi connectivity index (χ1n) is 9.24. The van der Waals surface area contributed by atoms with Crippen LogP contribution in [0.25, 0.3) is 0 Å². The smallest absolute Gasteiger partial charge is 0.324 e. The van der Waals surface area contributed by atoms with Crippen molar-refractivity contribution in [1.29, 1.82) is 0 Å². The second-order valence-corrected chi connectivity index (χ2v) is 9.22. The Kier molecular flexibility index (Phi) is 6.47. The van der Waals surface area contributed by atoms with Gasteiger partial charge in [0.15, 0.2) is 15.6 Å². The van der Waals surface area contributed by atoms with E-state index in [2.05, 4.69) is 0 Å². The van der Waals surface area contributed by atoms with E-state index in [0.29, 0.717) is 0 Å². The zero-order chi connectivity index (χ0) is 21.9. The highest BCUT2D eigenvalue weighted by atomic mass is 32.2. The molecule has 0 radical (unpaired) electrons. The minimum absolute atomic E-state index is 0.000591. The Bertz CT molecular complexity index is 1060. The standard InChI is InChI=1S/C20H21F2N3O4S/c21-16-2-1-3-17(11-16)25(20(27)24-6-8-30(28,29)9-7-24)13-15-5-4-14(10-18(15)22)19(26)12-23/h1-5,10-11H,6-9,12-13,23H2. The van der Waals surface area contributed by atoms with E-state index in [9.17, 15) is 26.8 Å². The lowest BCUT2D eigenvalue weighted by Gasteiger charge is -2.33. The van der Waals surface area contributed by atoms with Crippen LogP contribution < -0.4 is 10.6 Å². The molecule has 2 aromatic rings. The molecule has 1 fully saturated rings. The molecule has 3 rings (SSSR count). The number of nitrogens with two attached hydrogens (primary N) is 1. The summed E-state index contributed by atoms with van der Waals surface area (Å²) in [6, 6.07) is 8.56. The van der Waals surface area contributed by atoms with E-state index in [4.69, 9.17) is 5.73 Å².